The molecule has 2 aliphatic carbocycles. The normalized spacial score (nSPS) is 17.3. The lowest BCUT2D eigenvalue weighted by atomic mass is 9.76. The molecule has 1 atom stereocenters. The molecular weight excluding hydrogens is 601 g/mol. The molecule has 0 saturated heterocycles. The van der Waals surface area contributed by atoms with Gasteiger partial charge in [-0.2, -0.15) is 0 Å². The Hall–Kier alpha value is -5.80. The molecule has 3 aliphatic rings. The number of hydrogen-bond acceptors (Lipinski definition) is 3. The minimum Gasteiger partial charge on any atom is -0.497 e. The maximum Gasteiger partial charge on any atom is 0.178 e. The predicted octanol–water partition coefficient (Wildman–Crippen LogP) is 11.3. The van der Waals surface area contributed by atoms with Gasteiger partial charge in [0.1, 0.15) is 17.2 Å². The summed E-state index contributed by atoms with van der Waals surface area (Å²) in [6, 6.07) is 43.6. The molecule has 0 spiro atoms. The van der Waals surface area contributed by atoms with Crippen LogP contribution in [0.3, 0.4) is 0 Å². The van der Waals surface area contributed by atoms with Gasteiger partial charge < -0.3 is 14.2 Å². The van der Waals surface area contributed by atoms with Gasteiger partial charge >= 0.3 is 0 Å². The lowest BCUT2D eigenvalue weighted by molar-refractivity contribution is 0.165. The summed E-state index contributed by atoms with van der Waals surface area (Å²) in [5.74, 6) is 2.48. The Labute approximate surface area is 286 Å². The van der Waals surface area contributed by atoms with Crippen molar-refractivity contribution in [2.75, 3.05) is 14.2 Å². The average Bonchev–Trinajstić information content (AvgIpc) is 3.61. The Bertz CT molecular complexity index is 2540. The average molecular weight is 635 g/mol. The van der Waals surface area contributed by atoms with Crippen LogP contribution in [0.2, 0.25) is 0 Å². The van der Waals surface area contributed by atoms with Gasteiger partial charge in [-0.15, -0.1) is 0 Å². The highest BCUT2D eigenvalue weighted by Gasteiger charge is 2.45. The first kappa shape index (κ1) is 28.2. The van der Waals surface area contributed by atoms with Crippen molar-refractivity contribution in [1.82, 2.24) is 0 Å². The van der Waals surface area contributed by atoms with Crippen molar-refractivity contribution in [2.45, 2.75) is 24.9 Å². The molecule has 0 radical (unpaired) electrons. The molecule has 1 unspecified atom stereocenters. The molecule has 7 aromatic carbocycles. The van der Waals surface area contributed by atoms with Crippen LogP contribution in [0.15, 0.2) is 127 Å². The Kier molecular flexibility index (Phi) is 5.69. The summed E-state index contributed by atoms with van der Waals surface area (Å²) < 4.78 is 19.1. The molecule has 49 heavy (non-hydrogen) atoms. The fourth-order valence-corrected chi connectivity index (χ4v) is 8.98. The van der Waals surface area contributed by atoms with E-state index in [0.717, 1.165) is 39.3 Å². The molecule has 3 heteroatoms. The van der Waals surface area contributed by atoms with E-state index in [1.165, 1.54) is 60.7 Å². The van der Waals surface area contributed by atoms with Crippen molar-refractivity contribution in [2.24, 2.45) is 0 Å². The minimum absolute atomic E-state index is 0.217. The molecule has 0 saturated carbocycles. The molecule has 236 valence electrons. The second kappa shape index (κ2) is 9.87. The number of fused-ring (bicyclic) bond motifs is 11. The minimum atomic E-state index is -0.926. The van der Waals surface area contributed by atoms with Gasteiger partial charge in [0.05, 0.1) is 14.2 Å². The summed E-state index contributed by atoms with van der Waals surface area (Å²) in [6.07, 6.45) is 4.61. The summed E-state index contributed by atoms with van der Waals surface area (Å²) in [7, 11) is 3.44. The molecule has 7 aromatic rings. The number of rotatable bonds is 4. The van der Waals surface area contributed by atoms with Crippen molar-refractivity contribution in [1.29, 1.82) is 0 Å². The fraction of sp³-hybridized carbons (Fsp3) is 0.130. The third-order valence-electron chi connectivity index (χ3n) is 11.2. The molecular formula is C46H34O3. The van der Waals surface area contributed by atoms with Crippen LogP contribution in [0.25, 0.3) is 61.0 Å². The van der Waals surface area contributed by atoms with Crippen molar-refractivity contribution < 1.29 is 14.2 Å². The largest absolute Gasteiger partial charge is 0.497 e. The third-order valence-corrected chi connectivity index (χ3v) is 11.2. The molecule has 10 rings (SSSR count). The Balaban J connectivity index is 1.30. The smallest absolute Gasteiger partial charge is 0.178 e. The summed E-state index contributed by atoms with van der Waals surface area (Å²) >= 11 is 0. The van der Waals surface area contributed by atoms with Crippen LogP contribution in [-0.4, -0.2) is 14.2 Å². The second-order valence-electron chi connectivity index (χ2n) is 13.9. The standard InChI is InChI=1S/C46H34O3/c1-45(2)39-15-8-7-12-35(39)42-34-21-20-29(48-4)26-38(34)44-37(43(42)45)24-25-46(49-44,27-16-18-28(47-3)19-17-27)40-23-22-33-31-11-6-5-10-30(31)32-13-9-14-36(40)41(32)33/h5-26H,1-4H3. The third kappa shape index (κ3) is 3.62. The summed E-state index contributed by atoms with van der Waals surface area (Å²) in [6.45, 7) is 4.68. The van der Waals surface area contributed by atoms with E-state index in [4.69, 9.17) is 14.2 Å². The van der Waals surface area contributed by atoms with Gasteiger partial charge in [-0.05, 0) is 97.1 Å². The van der Waals surface area contributed by atoms with E-state index in [0.29, 0.717) is 0 Å². The van der Waals surface area contributed by atoms with Gasteiger partial charge in [0.15, 0.2) is 5.60 Å². The predicted molar refractivity (Wildman–Crippen MR) is 200 cm³/mol. The van der Waals surface area contributed by atoms with Gasteiger partial charge in [-0.3, -0.25) is 0 Å². The number of hydrogen-bond donors (Lipinski definition) is 0. The lowest BCUT2D eigenvalue weighted by Crippen LogP contribution is -2.35. The Morgan fingerprint density at radius 2 is 1.22 bits per heavy atom. The zero-order valence-corrected chi connectivity index (χ0v) is 27.9. The van der Waals surface area contributed by atoms with E-state index in [-0.39, 0.29) is 5.41 Å². The van der Waals surface area contributed by atoms with Crippen LogP contribution < -0.4 is 14.2 Å². The van der Waals surface area contributed by atoms with Gasteiger partial charge in [0, 0.05) is 27.5 Å². The van der Waals surface area contributed by atoms with Gasteiger partial charge in [0.2, 0.25) is 0 Å². The second-order valence-corrected chi connectivity index (χ2v) is 13.9. The van der Waals surface area contributed by atoms with Crippen LogP contribution in [0.1, 0.15) is 41.7 Å². The van der Waals surface area contributed by atoms with Gasteiger partial charge in [-0.25, -0.2) is 0 Å². The number of benzene rings is 7. The molecule has 0 amide bonds. The Morgan fingerprint density at radius 1 is 0.551 bits per heavy atom. The van der Waals surface area contributed by atoms with Crippen molar-refractivity contribution in [3.8, 4) is 50.6 Å². The Morgan fingerprint density at radius 3 is 1.98 bits per heavy atom. The van der Waals surface area contributed by atoms with E-state index in [2.05, 4.69) is 135 Å². The van der Waals surface area contributed by atoms with E-state index in [9.17, 15) is 0 Å². The first-order valence-electron chi connectivity index (χ1n) is 16.9. The van der Waals surface area contributed by atoms with E-state index in [1.54, 1.807) is 14.2 Å². The topological polar surface area (TPSA) is 27.7 Å². The fourth-order valence-electron chi connectivity index (χ4n) is 8.98. The number of ether oxygens (including phenoxy) is 3. The SMILES string of the molecule is COc1ccc(C2(c3ccc4c5c(cccc35)-c3ccccc3-4)C=Cc3c4c(c5ccc(OC)cc5c3O2)-c2ccccc2C4(C)C)cc1. The highest BCUT2D eigenvalue weighted by Crippen LogP contribution is 2.59. The lowest BCUT2D eigenvalue weighted by Gasteiger charge is -2.39. The zero-order valence-electron chi connectivity index (χ0n) is 27.9. The maximum atomic E-state index is 7.70. The van der Waals surface area contributed by atoms with Crippen LogP contribution in [-0.2, 0) is 11.0 Å². The molecule has 0 bridgehead atoms. The zero-order chi connectivity index (χ0) is 33.1. The molecule has 1 aliphatic heterocycles. The van der Waals surface area contributed by atoms with Crippen LogP contribution in [0, 0.1) is 0 Å². The quantitative estimate of drug-likeness (QED) is 0.193. The monoisotopic (exact) mass is 634 g/mol. The first-order chi connectivity index (χ1) is 23.9. The van der Waals surface area contributed by atoms with Gasteiger partial charge in [-0.1, -0.05) is 111 Å². The van der Waals surface area contributed by atoms with Crippen LogP contribution in [0.5, 0.6) is 17.2 Å². The molecule has 0 aromatic heterocycles. The van der Waals surface area contributed by atoms with Crippen molar-refractivity contribution in [3.63, 3.8) is 0 Å². The molecule has 0 fully saturated rings. The summed E-state index contributed by atoms with van der Waals surface area (Å²) in [5, 5.41) is 4.67. The van der Waals surface area contributed by atoms with Gasteiger partial charge in [0.25, 0.3) is 0 Å². The molecule has 3 nitrogen and oxygen atoms in total. The van der Waals surface area contributed by atoms with E-state index < -0.39 is 5.60 Å². The van der Waals surface area contributed by atoms with E-state index >= 15 is 0 Å². The van der Waals surface area contributed by atoms with Crippen molar-refractivity contribution in [3.05, 3.63) is 155 Å². The highest BCUT2D eigenvalue weighted by molar-refractivity contribution is 6.16. The summed E-state index contributed by atoms with van der Waals surface area (Å²) in [4.78, 5) is 0. The maximum absolute atomic E-state index is 7.70. The van der Waals surface area contributed by atoms with Crippen molar-refractivity contribution >= 4 is 27.6 Å². The highest BCUT2D eigenvalue weighted by atomic mass is 16.5. The van der Waals surface area contributed by atoms with Crippen LogP contribution in [0.4, 0.5) is 0 Å². The molecule has 1 heterocycles. The van der Waals surface area contributed by atoms with Crippen LogP contribution >= 0.6 is 0 Å². The van der Waals surface area contributed by atoms with E-state index in [1.807, 2.05) is 12.1 Å². The molecule has 0 N–H and O–H groups in total. The number of methoxy groups -OCH3 is 2. The summed E-state index contributed by atoms with van der Waals surface area (Å²) in [5.41, 5.74) is 12.4. The first-order valence-corrected chi connectivity index (χ1v) is 16.9.